The summed E-state index contributed by atoms with van der Waals surface area (Å²) in [6.07, 6.45) is 4.18. The third kappa shape index (κ3) is 2.88. The van der Waals surface area contributed by atoms with Crippen LogP contribution in [0, 0.1) is 11.3 Å². The minimum atomic E-state index is 0.0805. The van der Waals surface area contributed by atoms with Crippen molar-refractivity contribution in [2.24, 2.45) is 0 Å². The minimum Gasteiger partial charge on any atom is -0.479 e. The molecular weight excluding hydrogens is 212 g/mol. The quantitative estimate of drug-likeness (QED) is 0.862. The maximum atomic E-state index is 8.41. The lowest BCUT2D eigenvalue weighted by Gasteiger charge is -2.18. The van der Waals surface area contributed by atoms with Gasteiger partial charge in [-0.25, -0.2) is 0 Å². The number of hydrogen-bond donors (Lipinski definition) is 1. The highest BCUT2D eigenvalue weighted by Gasteiger charge is 2.07. The van der Waals surface area contributed by atoms with Gasteiger partial charge in [0.25, 0.3) is 0 Å². The van der Waals surface area contributed by atoms with Gasteiger partial charge in [0.2, 0.25) is 0 Å². The molecule has 0 atom stereocenters. The predicted octanol–water partition coefficient (Wildman–Crippen LogP) is 2.83. The van der Waals surface area contributed by atoms with Crippen LogP contribution in [0.4, 0.5) is 0 Å². The van der Waals surface area contributed by atoms with Gasteiger partial charge in [0, 0.05) is 11.4 Å². The van der Waals surface area contributed by atoms with Crippen molar-refractivity contribution < 1.29 is 4.74 Å². The molecule has 17 heavy (non-hydrogen) atoms. The lowest BCUT2D eigenvalue weighted by Crippen LogP contribution is -2.14. The van der Waals surface area contributed by atoms with E-state index >= 15 is 0 Å². The van der Waals surface area contributed by atoms with Gasteiger partial charge in [-0.3, -0.25) is 0 Å². The van der Waals surface area contributed by atoms with Gasteiger partial charge in [0.1, 0.15) is 11.8 Å². The standard InChI is InChI=1S/C14H14N2O/c1-11-3-2-4-14(16-11)12-5-7-13(8-6-12)17-10-9-15/h4-8,16H,1-3,10H2. The molecule has 1 aliphatic rings. The fourth-order valence-electron chi connectivity index (χ4n) is 1.73. The van der Waals surface area contributed by atoms with E-state index in [0.29, 0.717) is 5.75 Å². The van der Waals surface area contributed by atoms with Gasteiger partial charge in [0.15, 0.2) is 6.61 Å². The lowest BCUT2D eigenvalue weighted by atomic mass is 10.1. The monoisotopic (exact) mass is 226 g/mol. The van der Waals surface area contributed by atoms with Crippen LogP contribution >= 0.6 is 0 Å². The summed E-state index contributed by atoms with van der Waals surface area (Å²) >= 11 is 0. The second-order valence-electron chi connectivity index (χ2n) is 3.86. The number of nitrogens with zero attached hydrogens (tertiary/aromatic N) is 1. The Bertz CT molecular complexity index is 480. The molecule has 0 saturated heterocycles. The fourth-order valence-corrected chi connectivity index (χ4v) is 1.73. The molecule has 1 aromatic rings. The maximum absolute atomic E-state index is 8.41. The van der Waals surface area contributed by atoms with Crippen molar-refractivity contribution in [3.63, 3.8) is 0 Å². The van der Waals surface area contributed by atoms with Gasteiger partial charge >= 0.3 is 0 Å². The first-order valence-electron chi connectivity index (χ1n) is 5.55. The highest BCUT2D eigenvalue weighted by Crippen LogP contribution is 2.22. The first-order valence-corrected chi connectivity index (χ1v) is 5.55. The second kappa shape index (κ2) is 5.22. The van der Waals surface area contributed by atoms with Crippen molar-refractivity contribution in [2.75, 3.05) is 6.61 Å². The van der Waals surface area contributed by atoms with E-state index in [-0.39, 0.29) is 6.61 Å². The van der Waals surface area contributed by atoms with Gasteiger partial charge in [-0.15, -0.1) is 0 Å². The van der Waals surface area contributed by atoms with E-state index in [1.54, 1.807) is 0 Å². The molecule has 0 aliphatic carbocycles. The van der Waals surface area contributed by atoms with Gasteiger partial charge in [-0.2, -0.15) is 5.26 Å². The molecule has 0 aromatic heterocycles. The Balaban J connectivity index is 2.10. The summed E-state index contributed by atoms with van der Waals surface area (Å²) in [4.78, 5) is 0. The maximum Gasteiger partial charge on any atom is 0.174 e. The Morgan fingerprint density at radius 1 is 1.35 bits per heavy atom. The predicted molar refractivity (Wildman–Crippen MR) is 67.0 cm³/mol. The van der Waals surface area contributed by atoms with Crippen LogP contribution in [0.3, 0.4) is 0 Å². The van der Waals surface area contributed by atoms with Crippen molar-refractivity contribution in [3.05, 3.63) is 48.2 Å². The molecule has 0 saturated carbocycles. The van der Waals surface area contributed by atoms with Crippen LogP contribution in [0.15, 0.2) is 42.6 Å². The lowest BCUT2D eigenvalue weighted by molar-refractivity contribution is 0.368. The zero-order chi connectivity index (χ0) is 12.1. The van der Waals surface area contributed by atoms with E-state index < -0.39 is 0 Å². The molecular formula is C14H14N2O. The van der Waals surface area contributed by atoms with Crippen LogP contribution in [-0.2, 0) is 0 Å². The van der Waals surface area contributed by atoms with E-state index in [9.17, 15) is 0 Å². The van der Waals surface area contributed by atoms with E-state index in [0.717, 1.165) is 29.8 Å². The molecule has 3 heteroatoms. The van der Waals surface area contributed by atoms with Gasteiger partial charge in [-0.1, -0.05) is 12.7 Å². The van der Waals surface area contributed by atoms with Crippen molar-refractivity contribution in [2.45, 2.75) is 12.8 Å². The summed E-state index contributed by atoms with van der Waals surface area (Å²) in [6, 6.07) is 9.63. The van der Waals surface area contributed by atoms with Gasteiger partial charge in [0.05, 0.1) is 0 Å². The van der Waals surface area contributed by atoms with E-state index in [1.807, 2.05) is 30.3 Å². The summed E-state index contributed by atoms with van der Waals surface area (Å²) < 4.78 is 5.20. The highest BCUT2D eigenvalue weighted by molar-refractivity contribution is 5.66. The summed E-state index contributed by atoms with van der Waals surface area (Å²) in [5.74, 6) is 0.713. The van der Waals surface area contributed by atoms with Crippen molar-refractivity contribution >= 4 is 5.70 Å². The number of ether oxygens (including phenoxy) is 1. The number of allylic oxidation sites excluding steroid dienone is 2. The third-order valence-corrected chi connectivity index (χ3v) is 2.57. The molecule has 0 unspecified atom stereocenters. The fraction of sp³-hybridized carbons (Fsp3) is 0.214. The number of rotatable bonds is 3. The summed E-state index contributed by atoms with van der Waals surface area (Å²) in [6.45, 7) is 4.02. The molecule has 0 amide bonds. The smallest absolute Gasteiger partial charge is 0.174 e. The molecule has 86 valence electrons. The molecule has 2 rings (SSSR count). The molecule has 3 nitrogen and oxygen atoms in total. The Labute approximate surface area is 101 Å². The van der Waals surface area contributed by atoms with Gasteiger partial charge < -0.3 is 10.1 Å². The average Bonchev–Trinajstić information content (AvgIpc) is 2.37. The van der Waals surface area contributed by atoms with Crippen LogP contribution < -0.4 is 10.1 Å². The number of nitriles is 1. The zero-order valence-corrected chi connectivity index (χ0v) is 9.57. The summed E-state index contributed by atoms with van der Waals surface area (Å²) in [5, 5.41) is 11.7. The molecule has 1 aliphatic heterocycles. The Kier molecular flexibility index (Phi) is 3.46. The van der Waals surface area contributed by atoms with E-state index in [4.69, 9.17) is 10.00 Å². The van der Waals surface area contributed by atoms with E-state index in [1.165, 1.54) is 0 Å². The Morgan fingerprint density at radius 3 is 2.76 bits per heavy atom. The average molecular weight is 226 g/mol. The zero-order valence-electron chi connectivity index (χ0n) is 9.57. The van der Waals surface area contributed by atoms with Crippen LogP contribution in [0.1, 0.15) is 18.4 Å². The topological polar surface area (TPSA) is 45.0 Å². The van der Waals surface area contributed by atoms with Crippen LogP contribution in [0.2, 0.25) is 0 Å². The highest BCUT2D eigenvalue weighted by atomic mass is 16.5. The number of nitrogens with one attached hydrogen (secondary N) is 1. The minimum absolute atomic E-state index is 0.0805. The molecule has 1 heterocycles. The SMILES string of the molecule is C=C1CCC=C(c2ccc(OCC#N)cc2)N1. The molecule has 1 N–H and O–H groups in total. The molecule has 0 spiro atoms. The van der Waals surface area contributed by atoms with Crippen molar-refractivity contribution in [3.8, 4) is 11.8 Å². The third-order valence-electron chi connectivity index (χ3n) is 2.57. The van der Waals surface area contributed by atoms with Gasteiger partial charge in [-0.05, 0) is 42.7 Å². The van der Waals surface area contributed by atoms with E-state index in [2.05, 4.69) is 18.0 Å². The first kappa shape index (κ1) is 11.3. The normalized spacial score (nSPS) is 14.5. The van der Waals surface area contributed by atoms with Crippen molar-refractivity contribution in [1.82, 2.24) is 5.32 Å². The number of hydrogen-bond acceptors (Lipinski definition) is 3. The largest absolute Gasteiger partial charge is 0.479 e. The summed E-state index contributed by atoms with van der Waals surface area (Å²) in [5.41, 5.74) is 3.25. The van der Waals surface area contributed by atoms with Crippen LogP contribution in [-0.4, -0.2) is 6.61 Å². The molecule has 1 aromatic carbocycles. The van der Waals surface area contributed by atoms with Crippen LogP contribution in [0.25, 0.3) is 5.70 Å². The Hall–Kier alpha value is -2.21. The Morgan fingerprint density at radius 2 is 2.12 bits per heavy atom. The number of benzene rings is 1. The second-order valence-corrected chi connectivity index (χ2v) is 3.86. The molecule has 0 radical (unpaired) electrons. The first-order chi connectivity index (χ1) is 8.29. The molecule has 0 bridgehead atoms. The van der Waals surface area contributed by atoms with Crippen LogP contribution in [0.5, 0.6) is 5.75 Å². The van der Waals surface area contributed by atoms with Crippen molar-refractivity contribution in [1.29, 1.82) is 5.26 Å². The molecule has 0 fully saturated rings. The summed E-state index contributed by atoms with van der Waals surface area (Å²) in [7, 11) is 0.